The van der Waals surface area contributed by atoms with Gasteiger partial charge in [0.15, 0.2) is 11.9 Å². The number of ether oxygens (including phenoxy) is 1. The summed E-state index contributed by atoms with van der Waals surface area (Å²) in [6.07, 6.45) is 0.547. The predicted octanol–water partition coefficient (Wildman–Crippen LogP) is 1.89. The second-order valence-corrected chi connectivity index (χ2v) is 6.17. The summed E-state index contributed by atoms with van der Waals surface area (Å²) in [5.74, 6) is -4.35. The monoisotopic (exact) mass is 336 g/mol. The maximum absolute atomic E-state index is 12.3. The van der Waals surface area contributed by atoms with Crippen molar-refractivity contribution < 1.29 is 34.1 Å². The van der Waals surface area contributed by atoms with E-state index < -0.39 is 41.4 Å². The molecule has 0 saturated heterocycles. The van der Waals surface area contributed by atoms with E-state index in [2.05, 4.69) is 6.58 Å². The van der Waals surface area contributed by atoms with Crippen LogP contribution in [-0.4, -0.2) is 40.0 Å². The molecule has 0 heterocycles. The van der Waals surface area contributed by atoms with Gasteiger partial charge in [-0.25, -0.2) is 9.59 Å². The standard InChI is InChI=1S/C17H20O7/c1-5-11-9(2)15(21)12(8-17(11,3)4)24-14(20)7-10(16(22)23)6-13(18)19/h5,7,12H,1,6,8H2,2-4H3,(H,18,19)(H,22,23)/b10-7-. The summed E-state index contributed by atoms with van der Waals surface area (Å²) in [6, 6.07) is 0. The highest BCUT2D eigenvalue weighted by molar-refractivity contribution is 6.03. The summed E-state index contributed by atoms with van der Waals surface area (Å²) in [5.41, 5.74) is 0.152. The molecule has 7 heteroatoms. The van der Waals surface area contributed by atoms with Gasteiger partial charge in [-0.2, -0.15) is 0 Å². The minimum absolute atomic E-state index is 0.228. The van der Waals surface area contributed by atoms with E-state index in [4.69, 9.17) is 14.9 Å². The third-order valence-electron chi connectivity index (χ3n) is 3.86. The number of Topliss-reactive ketones (excluding diaryl/α,β-unsaturated/α-hetero) is 1. The minimum atomic E-state index is -1.53. The van der Waals surface area contributed by atoms with Crippen LogP contribution in [0.25, 0.3) is 0 Å². The molecule has 0 aromatic rings. The Morgan fingerprint density at radius 3 is 2.38 bits per heavy atom. The first-order valence-electron chi connectivity index (χ1n) is 7.24. The van der Waals surface area contributed by atoms with Gasteiger partial charge in [-0.05, 0) is 23.5 Å². The van der Waals surface area contributed by atoms with E-state index in [0.29, 0.717) is 11.6 Å². The lowest BCUT2D eigenvalue weighted by atomic mass is 9.71. The third kappa shape index (κ3) is 4.41. The SMILES string of the molecule is C=CC1=C(C)C(=O)C(OC(=O)/C=C(/CC(=O)O)C(=O)O)CC1(C)C. The molecule has 1 aliphatic rings. The molecule has 0 aromatic carbocycles. The van der Waals surface area contributed by atoms with Crippen LogP contribution in [0.4, 0.5) is 0 Å². The van der Waals surface area contributed by atoms with Crippen LogP contribution in [-0.2, 0) is 23.9 Å². The van der Waals surface area contributed by atoms with E-state index in [1.807, 2.05) is 13.8 Å². The second kappa shape index (κ2) is 7.25. The summed E-state index contributed by atoms with van der Waals surface area (Å²) in [6.45, 7) is 9.06. The van der Waals surface area contributed by atoms with Gasteiger partial charge in [0.2, 0.25) is 0 Å². The maximum Gasteiger partial charge on any atom is 0.332 e. The average molecular weight is 336 g/mol. The van der Waals surface area contributed by atoms with Gasteiger partial charge in [0.25, 0.3) is 0 Å². The number of carbonyl (C=O) groups is 4. The number of allylic oxidation sites excluding steroid dienone is 2. The first kappa shape index (κ1) is 19.3. The van der Waals surface area contributed by atoms with E-state index in [1.165, 1.54) is 0 Å². The Hall–Kier alpha value is -2.70. The molecular weight excluding hydrogens is 316 g/mol. The van der Waals surface area contributed by atoms with Gasteiger partial charge in [-0.3, -0.25) is 9.59 Å². The molecule has 1 unspecified atom stereocenters. The first-order chi connectivity index (χ1) is 11.0. The fraction of sp³-hybridized carbons (Fsp3) is 0.412. The summed E-state index contributed by atoms with van der Waals surface area (Å²) in [7, 11) is 0. The van der Waals surface area contributed by atoms with Crippen molar-refractivity contribution in [3.05, 3.63) is 35.5 Å². The van der Waals surface area contributed by atoms with Crippen molar-refractivity contribution in [1.29, 1.82) is 0 Å². The van der Waals surface area contributed by atoms with Crippen molar-refractivity contribution in [3.8, 4) is 0 Å². The Labute approximate surface area is 139 Å². The molecular formula is C17H20O7. The molecule has 0 bridgehead atoms. The van der Waals surface area contributed by atoms with Crippen molar-refractivity contribution in [2.75, 3.05) is 0 Å². The van der Waals surface area contributed by atoms with Gasteiger partial charge in [0, 0.05) is 12.5 Å². The van der Waals surface area contributed by atoms with Crippen LogP contribution >= 0.6 is 0 Å². The molecule has 1 aliphatic carbocycles. The fourth-order valence-corrected chi connectivity index (χ4v) is 2.74. The molecule has 0 aliphatic heterocycles. The zero-order chi connectivity index (χ0) is 18.7. The Bertz CT molecular complexity index is 664. The molecule has 0 spiro atoms. The number of carboxylic acids is 2. The van der Waals surface area contributed by atoms with E-state index >= 15 is 0 Å². The molecule has 0 amide bonds. The van der Waals surface area contributed by atoms with Crippen molar-refractivity contribution in [3.63, 3.8) is 0 Å². The van der Waals surface area contributed by atoms with E-state index in [-0.39, 0.29) is 12.2 Å². The third-order valence-corrected chi connectivity index (χ3v) is 3.86. The number of carbonyl (C=O) groups excluding carboxylic acids is 2. The fourth-order valence-electron chi connectivity index (χ4n) is 2.74. The number of esters is 1. The van der Waals surface area contributed by atoms with E-state index in [1.54, 1.807) is 13.0 Å². The smallest absolute Gasteiger partial charge is 0.332 e. The van der Waals surface area contributed by atoms with E-state index in [9.17, 15) is 19.2 Å². The Balaban J connectivity index is 3.01. The van der Waals surface area contributed by atoms with Crippen LogP contribution in [0.5, 0.6) is 0 Å². The number of rotatable bonds is 6. The van der Waals surface area contributed by atoms with Gasteiger partial charge in [0.1, 0.15) is 0 Å². The van der Waals surface area contributed by atoms with Crippen molar-refractivity contribution in [2.45, 2.75) is 39.7 Å². The summed E-state index contributed by atoms with van der Waals surface area (Å²) in [4.78, 5) is 45.7. The number of ketones is 1. The highest BCUT2D eigenvalue weighted by Crippen LogP contribution is 2.40. The zero-order valence-corrected chi connectivity index (χ0v) is 13.8. The average Bonchev–Trinajstić information content (AvgIpc) is 2.43. The summed E-state index contributed by atoms with van der Waals surface area (Å²) >= 11 is 0. The highest BCUT2D eigenvalue weighted by Gasteiger charge is 2.39. The van der Waals surface area contributed by atoms with Crippen LogP contribution in [0, 0.1) is 5.41 Å². The lowest BCUT2D eigenvalue weighted by molar-refractivity contribution is -0.151. The molecule has 0 radical (unpaired) electrons. The topological polar surface area (TPSA) is 118 Å². The van der Waals surface area contributed by atoms with Gasteiger partial charge >= 0.3 is 17.9 Å². The minimum Gasteiger partial charge on any atom is -0.481 e. The Morgan fingerprint density at radius 1 is 1.33 bits per heavy atom. The molecule has 1 atom stereocenters. The predicted molar refractivity (Wildman–Crippen MR) is 84.2 cm³/mol. The zero-order valence-electron chi connectivity index (χ0n) is 13.8. The molecule has 0 aromatic heterocycles. The highest BCUT2D eigenvalue weighted by atomic mass is 16.5. The van der Waals surface area contributed by atoms with Crippen molar-refractivity contribution >= 4 is 23.7 Å². The molecule has 2 N–H and O–H groups in total. The lowest BCUT2D eigenvalue weighted by Crippen LogP contribution is -2.38. The van der Waals surface area contributed by atoms with Crippen LogP contribution in [0.1, 0.15) is 33.6 Å². The van der Waals surface area contributed by atoms with Crippen LogP contribution in [0.15, 0.2) is 35.5 Å². The normalized spacial score (nSPS) is 20.5. The number of aliphatic carboxylic acids is 2. The van der Waals surface area contributed by atoms with Crippen LogP contribution in [0.3, 0.4) is 0 Å². The summed E-state index contributed by atoms with van der Waals surface area (Å²) < 4.78 is 5.08. The number of carboxylic acid groups (broad SMARTS) is 2. The van der Waals surface area contributed by atoms with Crippen LogP contribution in [0.2, 0.25) is 0 Å². The molecule has 0 saturated carbocycles. The quantitative estimate of drug-likeness (QED) is 0.561. The maximum atomic E-state index is 12.3. The number of hydrogen-bond acceptors (Lipinski definition) is 5. The Kier molecular flexibility index (Phi) is 5.84. The van der Waals surface area contributed by atoms with Crippen LogP contribution < -0.4 is 0 Å². The van der Waals surface area contributed by atoms with Gasteiger partial charge < -0.3 is 14.9 Å². The molecule has 130 valence electrons. The van der Waals surface area contributed by atoms with Gasteiger partial charge in [0.05, 0.1) is 12.0 Å². The number of hydrogen-bond donors (Lipinski definition) is 2. The Morgan fingerprint density at radius 2 is 1.92 bits per heavy atom. The second-order valence-electron chi connectivity index (χ2n) is 6.17. The van der Waals surface area contributed by atoms with Gasteiger partial charge in [-0.15, -0.1) is 0 Å². The molecule has 24 heavy (non-hydrogen) atoms. The molecule has 1 rings (SSSR count). The molecule has 0 fully saturated rings. The van der Waals surface area contributed by atoms with E-state index in [0.717, 1.165) is 5.57 Å². The largest absolute Gasteiger partial charge is 0.481 e. The molecule has 7 nitrogen and oxygen atoms in total. The van der Waals surface area contributed by atoms with Crippen molar-refractivity contribution in [2.24, 2.45) is 5.41 Å². The lowest BCUT2D eigenvalue weighted by Gasteiger charge is -2.36. The summed E-state index contributed by atoms with van der Waals surface area (Å²) in [5, 5.41) is 17.5. The first-order valence-corrected chi connectivity index (χ1v) is 7.24. The van der Waals surface area contributed by atoms with Gasteiger partial charge in [-0.1, -0.05) is 26.5 Å². The van der Waals surface area contributed by atoms with Crippen molar-refractivity contribution in [1.82, 2.24) is 0 Å².